The molecule has 3 aromatic rings. The predicted octanol–water partition coefficient (Wildman–Crippen LogP) is 4.24. The van der Waals surface area contributed by atoms with Crippen molar-refractivity contribution in [2.45, 2.75) is 31.6 Å². The summed E-state index contributed by atoms with van der Waals surface area (Å²) in [6, 6.07) is 14.8. The number of nitrogens with zero attached hydrogens (tertiary/aromatic N) is 2. The summed E-state index contributed by atoms with van der Waals surface area (Å²) in [6.07, 6.45) is 2.15. The second-order valence-electron chi connectivity index (χ2n) is 9.46. The number of likely N-dealkylation sites (tertiary alicyclic amines) is 1. The van der Waals surface area contributed by atoms with Gasteiger partial charge < -0.3 is 15.3 Å². The molecule has 2 aromatic carbocycles. The van der Waals surface area contributed by atoms with Gasteiger partial charge in [-0.15, -0.1) is 0 Å². The highest BCUT2D eigenvalue weighted by molar-refractivity contribution is 5.92. The van der Waals surface area contributed by atoms with Gasteiger partial charge in [0.1, 0.15) is 11.5 Å². The topological polar surface area (TPSA) is 99.6 Å². The highest BCUT2D eigenvalue weighted by atomic mass is 19.1. The minimum atomic E-state index is -1.12. The Balaban J connectivity index is 1.53. The lowest BCUT2D eigenvalue weighted by atomic mass is 9.82. The lowest BCUT2D eigenvalue weighted by Gasteiger charge is -2.30. The molecule has 0 bridgehead atoms. The molecule has 1 saturated heterocycles. The molecule has 8 heteroatoms. The third-order valence-electron chi connectivity index (χ3n) is 6.84. The van der Waals surface area contributed by atoms with Gasteiger partial charge in [-0.3, -0.25) is 14.6 Å². The minimum absolute atomic E-state index is 0.0884. The van der Waals surface area contributed by atoms with Crippen molar-refractivity contribution in [2.24, 2.45) is 0 Å². The van der Waals surface area contributed by atoms with Gasteiger partial charge >= 0.3 is 5.97 Å². The summed E-state index contributed by atoms with van der Waals surface area (Å²) in [5.74, 6) is -2.10. The number of carbonyl (C=O) groups excluding carboxylic acids is 2. The maximum Gasteiger partial charge on any atom is 0.335 e. The zero-order valence-corrected chi connectivity index (χ0v) is 20.4. The van der Waals surface area contributed by atoms with Gasteiger partial charge in [-0.2, -0.15) is 0 Å². The molecule has 0 radical (unpaired) electrons. The van der Waals surface area contributed by atoms with Crippen LogP contribution in [0.3, 0.4) is 0 Å². The number of halogens is 1. The van der Waals surface area contributed by atoms with E-state index in [-0.39, 0.29) is 34.6 Å². The van der Waals surface area contributed by atoms with Gasteiger partial charge in [0.2, 0.25) is 5.91 Å². The number of pyridine rings is 1. The van der Waals surface area contributed by atoms with Crippen LogP contribution in [0.25, 0.3) is 11.1 Å². The van der Waals surface area contributed by atoms with E-state index in [4.69, 9.17) is 0 Å². The first-order valence-electron chi connectivity index (χ1n) is 11.7. The number of aromatic nitrogens is 1. The van der Waals surface area contributed by atoms with Crippen molar-refractivity contribution < 1.29 is 23.9 Å². The molecule has 4 rings (SSSR count). The molecule has 36 heavy (non-hydrogen) atoms. The fraction of sp³-hybridized carbons (Fsp3) is 0.286. The smallest absolute Gasteiger partial charge is 0.335 e. The molecule has 7 nitrogen and oxygen atoms in total. The number of amides is 2. The van der Waals surface area contributed by atoms with Crippen molar-refractivity contribution in [1.82, 2.24) is 15.2 Å². The molecule has 2 heterocycles. The number of carboxylic acid groups (broad SMARTS) is 1. The molecule has 2 N–H and O–H groups in total. The summed E-state index contributed by atoms with van der Waals surface area (Å²) in [5.41, 5.74) is 1.62. The first-order chi connectivity index (χ1) is 17.1. The zero-order valence-electron chi connectivity index (χ0n) is 20.4. The Morgan fingerprint density at radius 1 is 1.08 bits per heavy atom. The van der Waals surface area contributed by atoms with Crippen LogP contribution in [0.15, 0.2) is 60.8 Å². The number of hydrogen-bond acceptors (Lipinski definition) is 4. The van der Waals surface area contributed by atoms with Crippen molar-refractivity contribution in [2.75, 3.05) is 20.1 Å². The number of rotatable bonds is 6. The summed E-state index contributed by atoms with van der Waals surface area (Å²) in [6.45, 7) is 4.26. The van der Waals surface area contributed by atoms with Gasteiger partial charge in [0.15, 0.2) is 0 Å². The van der Waals surface area contributed by atoms with Crippen LogP contribution in [0.1, 0.15) is 58.2 Å². The van der Waals surface area contributed by atoms with Gasteiger partial charge in [-0.05, 0) is 49.6 Å². The summed E-state index contributed by atoms with van der Waals surface area (Å²) < 4.78 is 15.3. The molecule has 1 aliphatic rings. The fourth-order valence-electron chi connectivity index (χ4n) is 4.79. The van der Waals surface area contributed by atoms with Gasteiger partial charge in [-0.25, -0.2) is 9.18 Å². The molecule has 1 atom stereocenters. The van der Waals surface area contributed by atoms with Gasteiger partial charge in [0.05, 0.1) is 11.0 Å². The average molecular weight is 490 g/mol. The Kier molecular flexibility index (Phi) is 6.88. The van der Waals surface area contributed by atoms with Crippen LogP contribution in [0.4, 0.5) is 4.39 Å². The van der Waals surface area contributed by atoms with E-state index >= 15 is 4.39 Å². The molecule has 0 saturated carbocycles. The standard InChI is InChI=1S/C28H28FN3O4/c1-28(2,27(36)32-13-12-19(16-32)20-6-4-5-7-21(20)26(34)35)22-10-8-17(14-23(22)29)18-9-11-24(31-15-18)25(33)30-3/h4-11,14-15,19H,12-13,16H2,1-3H3,(H,30,33)(H,34,35). The molecule has 0 spiro atoms. The maximum atomic E-state index is 15.3. The van der Waals surface area contributed by atoms with Crippen molar-refractivity contribution in [3.05, 3.63) is 89.0 Å². The van der Waals surface area contributed by atoms with Gasteiger partial charge in [0.25, 0.3) is 5.91 Å². The fourth-order valence-corrected chi connectivity index (χ4v) is 4.79. The summed E-state index contributed by atoms with van der Waals surface area (Å²) in [7, 11) is 1.52. The van der Waals surface area contributed by atoms with Crippen LogP contribution in [0.5, 0.6) is 0 Å². The number of carbonyl (C=O) groups is 3. The van der Waals surface area contributed by atoms with Crippen LogP contribution in [-0.2, 0) is 10.2 Å². The second-order valence-corrected chi connectivity index (χ2v) is 9.46. The molecule has 0 aliphatic carbocycles. The van der Waals surface area contributed by atoms with Crippen LogP contribution < -0.4 is 5.32 Å². The van der Waals surface area contributed by atoms with Crippen molar-refractivity contribution in [1.29, 1.82) is 0 Å². The normalized spacial score (nSPS) is 15.6. The van der Waals surface area contributed by atoms with E-state index in [1.54, 1.807) is 67.3 Å². The first kappa shape index (κ1) is 25.0. The Hall–Kier alpha value is -4.07. The number of carboxylic acids is 1. The molecule has 1 aromatic heterocycles. The Morgan fingerprint density at radius 3 is 2.44 bits per heavy atom. The third kappa shape index (κ3) is 4.71. The Labute approximate surface area is 209 Å². The van der Waals surface area contributed by atoms with E-state index in [0.717, 1.165) is 0 Å². The SMILES string of the molecule is CNC(=O)c1ccc(-c2ccc(C(C)(C)C(=O)N3CCC(c4ccccc4C(=O)O)C3)c(F)c2)cn1. The maximum absolute atomic E-state index is 15.3. The largest absolute Gasteiger partial charge is 0.478 e. The number of hydrogen-bond donors (Lipinski definition) is 2. The van der Waals surface area contributed by atoms with Crippen LogP contribution in [0.2, 0.25) is 0 Å². The average Bonchev–Trinajstić information content (AvgIpc) is 3.37. The first-order valence-corrected chi connectivity index (χ1v) is 11.7. The summed E-state index contributed by atoms with van der Waals surface area (Å²) in [4.78, 5) is 42.6. The molecular weight excluding hydrogens is 461 g/mol. The Morgan fingerprint density at radius 2 is 1.81 bits per heavy atom. The lowest BCUT2D eigenvalue weighted by Crippen LogP contribution is -2.42. The minimum Gasteiger partial charge on any atom is -0.478 e. The molecule has 186 valence electrons. The van der Waals surface area contributed by atoms with Crippen LogP contribution in [0, 0.1) is 5.82 Å². The van der Waals surface area contributed by atoms with E-state index < -0.39 is 17.2 Å². The third-order valence-corrected chi connectivity index (χ3v) is 6.84. The zero-order chi connectivity index (χ0) is 26.0. The van der Waals surface area contributed by atoms with E-state index in [1.807, 2.05) is 0 Å². The van der Waals surface area contributed by atoms with Crippen LogP contribution >= 0.6 is 0 Å². The lowest BCUT2D eigenvalue weighted by molar-refractivity contribution is -0.135. The molecule has 1 aliphatic heterocycles. The van der Waals surface area contributed by atoms with Crippen LogP contribution in [-0.4, -0.2) is 52.9 Å². The number of nitrogens with one attached hydrogen (secondary N) is 1. The number of benzene rings is 2. The van der Waals surface area contributed by atoms with E-state index in [9.17, 15) is 19.5 Å². The summed E-state index contributed by atoms with van der Waals surface area (Å²) in [5, 5.41) is 12.0. The molecular formula is C28H28FN3O4. The quantitative estimate of drug-likeness (QED) is 0.540. The molecule has 1 fully saturated rings. The predicted molar refractivity (Wildman–Crippen MR) is 133 cm³/mol. The monoisotopic (exact) mass is 489 g/mol. The van der Waals surface area contributed by atoms with Crippen molar-refractivity contribution >= 4 is 17.8 Å². The van der Waals surface area contributed by atoms with E-state index in [2.05, 4.69) is 10.3 Å². The van der Waals surface area contributed by atoms with Gasteiger partial charge in [-0.1, -0.05) is 36.4 Å². The highest BCUT2D eigenvalue weighted by Crippen LogP contribution is 2.35. The van der Waals surface area contributed by atoms with Crippen molar-refractivity contribution in [3.63, 3.8) is 0 Å². The van der Waals surface area contributed by atoms with E-state index in [1.165, 1.54) is 19.3 Å². The number of aromatic carboxylic acids is 1. The Bertz CT molecular complexity index is 1320. The summed E-state index contributed by atoms with van der Waals surface area (Å²) >= 11 is 0. The molecule has 2 amide bonds. The van der Waals surface area contributed by atoms with E-state index in [0.29, 0.717) is 36.2 Å². The second kappa shape index (κ2) is 9.89. The highest BCUT2D eigenvalue weighted by Gasteiger charge is 2.39. The van der Waals surface area contributed by atoms with Crippen molar-refractivity contribution in [3.8, 4) is 11.1 Å². The van der Waals surface area contributed by atoms with Gasteiger partial charge in [0, 0.05) is 43.4 Å². The molecule has 1 unspecified atom stereocenters.